The van der Waals surface area contributed by atoms with Gasteiger partial charge < -0.3 is 0 Å². The third kappa shape index (κ3) is 1.14. The quantitative estimate of drug-likeness (QED) is 0.482. The predicted octanol–water partition coefficient (Wildman–Crippen LogP) is 2.68. The van der Waals surface area contributed by atoms with Gasteiger partial charge in [0.05, 0.1) is 6.57 Å². The number of benzene rings is 1. The van der Waals surface area contributed by atoms with E-state index in [4.69, 9.17) is 6.57 Å². The van der Waals surface area contributed by atoms with Gasteiger partial charge in [0.15, 0.2) is 0 Å². The molecule has 0 heterocycles. The lowest BCUT2D eigenvalue weighted by molar-refractivity contribution is 0.632. The second-order valence-corrected chi connectivity index (χ2v) is 2.07. The summed E-state index contributed by atoms with van der Waals surface area (Å²) in [5, 5.41) is 0. The Kier molecular flexibility index (Phi) is 1.68. The van der Waals surface area contributed by atoms with Gasteiger partial charge in [-0.3, -0.25) is 0 Å². The largest absolute Gasteiger partial charge is 0.235 e. The van der Waals surface area contributed by atoms with Crippen molar-refractivity contribution in [3.05, 3.63) is 41.0 Å². The molecule has 0 fully saturated rings. The molecule has 0 saturated carbocycles. The summed E-state index contributed by atoms with van der Waals surface area (Å²) in [6.45, 7) is 8.33. The van der Waals surface area contributed by atoms with E-state index in [0.717, 1.165) is 5.56 Å². The SMILES string of the molecule is [C-]#[N+]c1ccc(C)cc1F. The Bertz CT molecular complexity index is 286. The highest BCUT2D eigenvalue weighted by Gasteiger charge is 1.98. The standard InChI is InChI=1S/C8H6FN/c1-6-3-4-8(10-2)7(9)5-6/h3-5H,1H3. The molecule has 10 heavy (non-hydrogen) atoms. The molecule has 0 N–H and O–H groups in total. The molecule has 0 saturated heterocycles. The number of halogens is 1. The van der Waals surface area contributed by atoms with Crippen molar-refractivity contribution >= 4 is 5.69 Å². The van der Waals surface area contributed by atoms with E-state index < -0.39 is 5.82 Å². The van der Waals surface area contributed by atoms with Crippen molar-refractivity contribution in [2.75, 3.05) is 0 Å². The average Bonchev–Trinajstić information content (AvgIpc) is 1.88. The topological polar surface area (TPSA) is 4.36 Å². The molecule has 1 aromatic carbocycles. The Balaban J connectivity index is 3.23. The zero-order valence-electron chi connectivity index (χ0n) is 5.56. The third-order valence-electron chi connectivity index (χ3n) is 1.22. The maximum atomic E-state index is 12.6. The average molecular weight is 135 g/mol. The Morgan fingerprint density at radius 2 is 2.20 bits per heavy atom. The van der Waals surface area contributed by atoms with Crippen molar-refractivity contribution in [1.82, 2.24) is 0 Å². The minimum atomic E-state index is -0.435. The molecule has 0 aromatic heterocycles. The lowest BCUT2D eigenvalue weighted by atomic mass is 10.2. The molecule has 0 aliphatic carbocycles. The molecular weight excluding hydrogens is 129 g/mol. The zero-order valence-corrected chi connectivity index (χ0v) is 5.56. The molecule has 0 amide bonds. The van der Waals surface area contributed by atoms with Gasteiger partial charge in [-0.1, -0.05) is 17.7 Å². The van der Waals surface area contributed by atoms with Crippen molar-refractivity contribution < 1.29 is 4.39 Å². The van der Waals surface area contributed by atoms with Crippen LogP contribution in [-0.4, -0.2) is 0 Å². The van der Waals surface area contributed by atoms with Gasteiger partial charge in [-0.25, -0.2) is 9.24 Å². The molecule has 0 bridgehead atoms. The number of hydrogen-bond acceptors (Lipinski definition) is 0. The molecule has 0 atom stereocenters. The second kappa shape index (κ2) is 2.49. The Labute approximate surface area is 58.9 Å². The van der Waals surface area contributed by atoms with Crippen LogP contribution in [0.4, 0.5) is 10.1 Å². The van der Waals surface area contributed by atoms with Crippen LogP contribution in [0.2, 0.25) is 0 Å². The van der Waals surface area contributed by atoms with E-state index in [1.807, 2.05) is 0 Å². The fourth-order valence-electron chi connectivity index (χ4n) is 0.703. The Hall–Kier alpha value is -1.36. The minimum Gasteiger partial charge on any atom is -0.235 e. The summed E-state index contributed by atoms with van der Waals surface area (Å²) in [4.78, 5) is 2.99. The first-order valence-electron chi connectivity index (χ1n) is 2.87. The molecule has 1 rings (SSSR count). The van der Waals surface area contributed by atoms with Gasteiger partial charge in [0, 0.05) is 0 Å². The Morgan fingerprint density at radius 1 is 1.50 bits per heavy atom. The van der Waals surface area contributed by atoms with Gasteiger partial charge in [-0.15, -0.1) is 0 Å². The van der Waals surface area contributed by atoms with E-state index >= 15 is 0 Å². The molecule has 1 nitrogen and oxygen atoms in total. The summed E-state index contributed by atoms with van der Waals surface area (Å²) in [5.74, 6) is -0.435. The lowest BCUT2D eigenvalue weighted by Crippen LogP contribution is -1.75. The molecular formula is C8H6FN. The van der Waals surface area contributed by atoms with Crippen LogP contribution in [0.15, 0.2) is 18.2 Å². The monoisotopic (exact) mass is 135 g/mol. The van der Waals surface area contributed by atoms with Crippen LogP contribution >= 0.6 is 0 Å². The van der Waals surface area contributed by atoms with Crippen molar-refractivity contribution in [1.29, 1.82) is 0 Å². The highest BCUT2D eigenvalue weighted by atomic mass is 19.1. The molecule has 0 aliphatic heterocycles. The summed E-state index contributed by atoms with van der Waals surface area (Å²) < 4.78 is 12.6. The van der Waals surface area contributed by atoms with Crippen LogP contribution < -0.4 is 0 Å². The molecule has 0 unspecified atom stereocenters. The summed E-state index contributed by atoms with van der Waals surface area (Å²) >= 11 is 0. The van der Waals surface area contributed by atoms with E-state index in [2.05, 4.69) is 4.85 Å². The molecule has 0 radical (unpaired) electrons. The molecule has 50 valence electrons. The van der Waals surface area contributed by atoms with Crippen LogP contribution in [0.25, 0.3) is 4.85 Å². The maximum Gasteiger partial charge on any atom is 0.222 e. The van der Waals surface area contributed by atoms with Crippen molar-refractivity contribution in [2.24, 2.45) is 0 Å². The van der Waals surface area contributed by atoms with E-state index in [0.29, 0.717) is 0 Å². The van der Waals surface area contributed by atoms with Crippen LogP contribution in [-0.2, 0) is 0 Å². The third-order valence-corrected chi connectivity index (χ3v) is 1.22. The van der Waals surface area contributed by atoms with Crippen LogP contribution in [0, 0.1) is 19.3 Å². The highest BCUT2D eigenvalue weighted by Crippen LogP contribution is 2.17. The van der Waals surface area contributed by atoms with E-state index in [-0.39, 0.29) is 5.69 Å². The van der Waals surface area contributed by atoms with E-state index in [1.165, 1.54) is 12.1 Å². The maximum absolute atomic E-state index is 12.6. The number of aryl methyl sites for hydroxylation is 1. The van der Waals surface area contributed by atoms with Gasteiger partial charge >= 0.3 is 0 Å². The van der Waals surface area contributed by atoms with Gasteiger partial charge in [0.2, 0.25) is 5.69 Å². The number of hydrogen-bond donors (Lipinski definition) is 0. The summed E-state index contributed by atoms with van der Waals surface area (Å²) in [6, 6.07) is 4.56. The second-order valence-electron chi connectivity index (χ2n) is 2.07. The summed E-state index contributed by atoms with van der Waals surface area (Å²) in [7, 11) is 0. The normalized spacial score (nSPS) is 8.90. The van der Waals surface area contributed by atoms with E-state index in [9.17, 15) is 4.39 Å². The van der Waals surface area contributed by atoms with Crippen LogP contribution in [0.5, 0.6) is 0 Å². The Morgan fingerprint density at radius 3 is 2.70 bits per heavy atom. The van der Waals surface area contributed by atoms with Gasteiger partial charge in [-0.2, -0.15) is 0 Å². The first-order valence-corrected chi connectivity index (χ1v) is 2.87. The lowest BCUT2D eigenvalue weighted by Gasteiger charge is -1.93. The smallest absolute Gasteiger partial charge is 0.222 e. The summed E-state index contributed by atoms with van der Waals surface area (Å²) in [5.41, 5.74) is 0.926. The zero-order chi connectivity index (χ0) is 7.56. The molecule has 1 aromatic rings. The minimum absolute atomic E-state index is 0.0885. The van der Waals surface area contributed by atoms with Gasteiger partial charge in [-0.05, 0) is 13.0 Å². The van der Waals surface area contributed by atoms with E-state index in [1.54, 1.807) is 13.0 Å². The fourth-order valence-corrected chi connectivity index (χ4v) is 0.703. The fraction of sp³-hybridized carbons (Fsp3) is 0.125. The van der Waals surface area contributed by atoms with Crippen molar-refractivity contribution in [3.8, 4) is 0 Å². The number of rotatable bonds is 0. The molecule has 0 aliphatic rings. The van der Waals surface area contributed by atoms with Gasteiger partial charge in [0.25, 0.3) is 0 Å². The molecule has 0 spiro atoms. The van der Waals surface area contributed by atoms with Crippen LogP contribution in [0.1, 0.15) is 5.56 Å². The predicted molar refractivity (Wildman–Crippen MR) is 37.4 cm³/mol. The first kappa shape index (κ1) is 6.76. The van der Waals surface area contributed by atoms with Crippen molar-refractivity contribution in [2.45, 2.75) is 6.92 Å². The van der Waals surface area contributed by atoms with Crippen LogP contribution in [0.3, 0.4) is 0 Å². The first-order chi connectivity index (χ1) is 4.74. The highest BCUT2D eigenvalue weighted by molar-refractivity contribution is 5.46. The van der Waals surface area contributed by atoms with Crippen molar-refractivity contribution in [3.63, 3.8) is 0 Å². The molecule has 2 heteroatoms. The van der Waals surface area contributed by atoms with Gasteiger partial charge in [0.1, 0.15) is 5.82 Å². The summed E-state index contributed by atoms with van der Waals surface area (Å²) in [6.07, 6.45) is 0. The number of nitrogens with zero attached hydrogens (tertiary/aromatic N) is 1.